The lowest BCUT2D eigenvalue weighted by Gasteiger charge is -2.34. The zero-order chi connectivity index (χ0) is 24.6. The summed E-state index contributed by atoms with van der Waals surface area (Å²) in [7, 11) is 0. The number of rotatable bonds is 9. The SMILES string of the molecule is C=CC(=C)N1CCCC(/C(=C/Nc2ccc(NC(=O)c3cccc(-c4ccn[nH]4)n3)cc2)N=N)C1. The van der Waals surface area contributed by atoms with Crippen molar-refractivity contribution in [2.24, 2.45) is 11.0 Å². The van der Waals surface area contributed by atoms with Crippen LogP contribution < -0.4 is 10.6 Å². The molecule has 3 heterocycles. The molecule has 0 bridgehead atoms. The molecule has 4 N–H and O–H groups in total. The van der Waals surface area contributed by atoms with E-state index in [-0.39, 0.29) is 11.8 Å². The van der Waals surface area contributed by atoms with Crippen molar-refractivity contribution in [3.63, 3.8) is 0 Å². The summed E-state index contributed by atoms with van der Waals surface area (Å²) in [5.41, 5.74) is 12.4. The van der Waals surface area contributed by atoms with Crippen molar-refractivity contribution in [2.75, 3.05) is 23.7 Å². The summed E-state index contributed by atoms with van der Waals surface area (Å²) in [6.45, 7) is 9.53. The van der Waals surface area contributed by atoms with Crippen molar-refractivity contribution < 1.29 is 4.79 Å². The topological polar surface area (TPSA) is 122 Å². The van der Waals surface area contributed by atoms with E-state index in [0.29, 0.717) is 22.8 Å². The Morgan fingerprint density at radius 1 is 1.20 bits per heavy atom. The Morgan fingerprint density at radius 2 is 2.00 bits per heavy atom. The smallest absolute Gasteiger partial charge is 0.274 e. The second kappa shape index (κ2) is 11.1. The van der Waals surface area contributed by atoms with Crippen LogP contribution >= 0.6 is 0 Å². The van der Waals surface area contributed by atoms with E-state index in [2.05, 4.69) is 49.0 Å². The Morgan fingerprint density at radius 3 is 2.71 bits per heavy atom. The minimum absolute atomic E-state index is 0.147. The van der Waals surface area contributed by atoms with Gasteiger partial charge in [-0.05, 0) is 61.4 Å². The molecule has 0 saturated carbocycles. The van der Waals surface area contributed by atoms with Gasteiger partial charge in [0.15, 0.2) is 0 Å². The molecule has 4 rings (SSSR count). The van der Waals surface area contributed by atoms with Gasteiger partial charge in [0.1, 0.15) is 5.69 Å². The van der Waals surface area contributed by atoms with E-state index in [1.165, 1.54) is 0 Å². The second-order valence-corrected chi connectivity index (χ2v) is 8.22. The van der Waals surface area contributed by atoms with Crippen LogP contribution in [0.1, 0.15) is 23.3 Å². The largest absolute Gasteiger partial charge is 0.371 e. The van der Waals surface area contributed by atoms with Gasteiger partial charge in [-0.25, -0.2) is 10.5 Å². The third-order valence-corrected chi connectivity index (χ3v) is 5.90. The van der Waals surface area contributed by atoms with E-state index < -0.39 is 0 Å². The lowest BCUT2D eigenvalue weighted by Crippen LogP contribution is -2.34. The Kier molecular flexibility index (Phi) is 7.47. The molecule has 1 saturated heterocycles. The number of likely N-dealkylation sites (tertiary alicyclic amines) is 1. The summed E-state index contributed by atoms with van der Waals surface area (Å²) in [6, 6.07) is 14.4. The van der Waals surface area contributed by atoms with Crippen molar-refractivity contribution in [1.82, 2.24) is 20.1 Å². The monoisotopic (exact) mass is 468 g/mol. The van der Waals surface area contributed by atoms with Crippen LogP contribution in [0.15, 0.2) is 96.7 Å². The zero-order valence-corrected chi connectivity index (χ0v) is 19.4. The molecule has 3 aromatic rings. The van der Waals surface area contributed by atoms with Crippen LogP contribution in [0.2, 0.25) is 0 Å². The third-order valence-electron chi connectivity index (χ3n) is 5.90. The maximum atomic E-state index is 12.7. The van der Waals surface area contributed by atoms with Crippen LogP contribution in [0.4, 0.5) is 11.4 Å². The highest BCUT2D eigenvalue weighted by atomic mass is 16.1. The van der Waals surface area contributed by atoms with Gasteiger partial charge in [0.05, 0.1) is 17.1 Å². The number of carbonyl (C=O) groups is 1. The van der Waals surface area contributed by atoms with Gasteiger partial charge in [-0.1, -0.05) is 19.2 Å². The molecule has 1 aromatic carbocycles. The summed E-state index contributed by atoms with van der Waals surface area (Å²) in [4.78, 5) is 19.3. The van der Waals surface area contributed by atoms with Crippen molar-refractivity contribution in [3.8, 4) is 11.4 Å². The lowest BCUT2D eigenvalue weighted by molar-refractivity contribution is 0.102. The number of carbonyl (C=O) groups excluding carboxylic acids is 1. The van der Waals surface area contributed by atoms with Crippen LogP contribution in [0.25, 0.3) is 11.4 Å². The molecule has 1 amide bonds. The lowest BCUT2D eigenvalue weighted by atomic mass is 9.95. The average molecular weight is 469 g/mol. The molecule has 0 spiro atoms. The molecule has 178 valence electrons. The van der Waals surface area contributed by atoms with E-state index in [4.69, 9.17) is 5.53 Å². The van der Waals surface area contributed by atoms with Crippen LogP contribution in [-0.4, -0.2) is 39.1 Å². The van der Waals surface area contributed by atoms with Crippen molar-refractivity contribution in [2.45, 2.75) is 12.8 Å². The third kappa shape index (κ3) is 5.89. The molecule has 1 aliphatic rings. The number of H-pyrrole nitrogens is 1. The first-order valence-corrected chi connectivity index (χ1v) is 11.4. The highest BCUT2D eigenvalue weighted by Crippen LogP contribution is 2.27. The number of aromatic nitrogens is 3. The average Bonchev–Trinajstić information content (AvgIpc) is 3.45. The number of piperidine rings is 1. The maximum absolute atomic E-state index is 12.7. The van der Waals surface area contributed by atoms with Gasteiger partial charge in [0.25, 0.3) is 5.91 Å². The molecule has 9 heteroatoms. The number of hydrogen-bond donors (Lipinski definition) is 4. The van der Waals surface area contributed by atoms with Crippen LogP contribution in [0.5, 0.6) is 0 Å². The highest BCUT2D eigenvalue weighted by molar-refractivity contribution is 6.03. The fraction of sp³-hybridized carbons (Fsp3) is 0.192. The minimum atomic E-state index is -0.301. The van der Waals surface area contributed by atoms with E-state index in [0.717, 1.165) is 43.0 Å². The van der Waals surface area contributed by atoms with Gasteiger partial charge in [-0.3, -0.25) is 9.89 Å². The molecule has 1 unspecified atom stereocenters. The van der Waals surface area contributed by atoms with Gasteiger partial charge >= 0.3 is 0 Å². The maximum Gasteiger partial charge on any atom is 0.274 e. The Bertz CT molecular complexity index is 1230. The number of pyridine rings is 1. The molecule has 0 aliphatic carbocycles. The first kappa shape index (κ1) is 23.6. The van der Waals surface area contributed by atoms with E-state index >= 15 is 0 Å². The number of nitrogens with one attached hydrogen (secondary N) is 4. The molecule has 2 aromatic heterocycles. The summed E-state index contributed by atoms with van der Waals surface area (Å²) in [6.07, 6.45) is 7.15. The number of anilines is 2. The number of amides is 1. The zero-order valence-electron chi connectivity index (χ0n) is 19.4. The molecule has 9 nitrogen and oxygen atoms in total. The fourth-order valence-corrected chi connectivity index (χ4v) is 3.96. The minimum Gasteiger partial charge on any atom is -0.371 e. The molecular weight excluding hydrogens is 440 g/mol. The van der Waals surface area contributed by atoms with Crippen LogP contribution in [0, 0.1) is 11.4 Å². The molecule has 1 aliphatic heterocycles. The Balaban J connectivity index is 1.37. The number of benzene rings is 1. The second-order valence-electron chi connectivity index (χ2n) is 8.22. The van der Waals surface area contributed by atoms with E-state index in [1.807, 2.05) is 18.2 Å². The van der Waals surface area contributed by atoms with Gasteiger partial charge in [0, 0.05) is 48.5 Å². The Hall–Kier alpha value is -4.53. The molecular formula is C26H28N8O. The number of hydrogen-bond acceptors (Lipinski definition) is 7. The quantitative estimate of drug-likeness (QED) is 0.247. The number of aromatic amines is 1. The van der Waals surface area contributed by atoms with Crippen LogP contribution in [-0.2, 0) is 0 Å². The molecule has 0 radical (unpaired) electrons. The van der Waals surface area contributed by atoms with E-state index in [1.54, 1.807) is 48.8 Å². The number of nitrogens with zero attached hydrogens (tertiary/aromatic N) is 4. The van der Waals surface area contributed by atoms with Gasteiger partial charge in [-0.2, -0.15) is 10.2 Å². The van der Waals surface area contributed by atoms with Gasteiger partial charge < -0.3 is 15.5 Å². The van der Waals surface area contributed by atoms with Crippen molar-refractivity contribution in [1.29, 1.82) is 5.53 Å². The van der Waals surface area contributed by atoms with Crippen LogP contribution in [0.3, 0.4) is 0 Å². The number of allylic oxidation sites excluding steroid dienone is 1. The first-order valence-electron chi connectivity index (χ1n) is 11.4. The normalized spacial score (nSPS) is 15.8. The van der Waals surface area contributed by atoms with Crippen molar-refractivity contribution >= 4 is 17.3 Å². The van der Waals surface area contributed by atoms with Gasteiger partial charge in [0.2, 0.25) is 0 Å². The summed E-state index contributed by atoms with van der Waals surface area (Å²) >= 11 is 0. The molecule has 35 heavy (non-hydrogen) atoms. The summed E-state index contributed by atoms with van der Waals surface area (Å²) < 4.78 is 0. The predicted octanol–water partition coefficient (Wildman–Crippen LogP) is 5.42. The standard InChI is InChI=1S/C26H28N8O/c1-3-18(2)34-15-5-6-19(17-34)25(32-27)16-28-20-9-11-21(12-10-20)30-26(35)24-8-4-7-22(31-24)23-13-14-29-33-23/h3-4,7-14,16,19,27-28H,1-2,5-6,15,17H2,(H,29,33)(H,30,35)/b25-16-,32-27?. The van der Waals surface area contributed by atoms with E-state index in [9.17, 15) is 4.79 Å². The van der Waals surface area contributed by atoms with Crippen molar-refractivity contribution in [3.05, 3.63) is 97.2 Å². The summed E-state index contributed by atoms with van der Waals surface area (Å²) in [5, 5.41) is 16.6. The molecule has 1 fully saturated rings. The van der Waals surface area contributed by atoms with Gasteiger partial charge in [-0.15, -0.1) is 0 Å². The molecule has 1 atom stereocenters. The predicted molar refractivity (Wildman–Crippen MR) is 137 cm³/mol. The fourth-order valence-electron chi connectivity index (χ4n) is 3.96. The Labute approximate surface area is 204 Å². The first-order chi connectivity index (χ1) is 17.1. The summed E-state index contributed by atoms with van der Waals surface area (Å²) in [5.74, 6) is -0.153. The highest BCUT2D eigenvalue weighted by Gasteiger charge is 2.23.